The van der Waals surface area contributed by atoms with Crippen molar-refractivity contribution < 1.29 is 14.3 Å². The Balaban J connectivity index is 2.58. The highest BCUT2D eigenvalue weighted by atomic mass is 19.1. The lowest BCUT2D eigenvalue weighted by molar-refractivity contribution is -0.148. The second kappa shape index (κ2) is 4.01. The van der Waals surface area contributed by atoms with Crippen LogP contribution >= 0.6 is 0 Å². The summed E-state index contributed by atoms with van der Waals surface area (Å²) in [5.74, 6) is -1.54. The largest absolute Gasteiger partial charge is 0.478 e. The number of aromatic nitrogens is 2. The van der Waals surface area contributed by atoms with Crippen LogP contribution in [-0.2, 0) is 17.5 Å². The molecule has 0 aliphatic heterocycles. The van der Waals surface area contributed by atoms with Crippen molar-refractivity contribution in [3.8, 4) is 0 Å². The first-order valence-electron chi connectivity index (χ1n) is 5.02. The maximum Gasteiger partial charge on any atom is 0.351 e. The SMILES string of the molecule is Cn1cc(C(F)(C(=O)O)c2ccccc2)cn1. The highest BCUT2D eigenvalue weighted by Crippen LogP contribution is 2.33. The second-order valence-corrected chi connectivity index (χ2v) is 3.73. The molecule has 4 nitrogen and oxygen atoms in total. The topological polar surface area (TPSA) is 55.1 Å². The maximum absolute atomic E-state index is 14.7. The minimum Gasteiger partial charge on any atom is -0.478 e. The summed E-state index contributed by atoms with van der Waals surface area (Å²) in [6.45, 7) is 0. The third-order valence-corrected chi connectivity index (χ3v) is 2.57. The average Bonchev–Trinajstić information content (AvgIpc) is 2.76. The molecule has 0 saturated carbocycles. The molecular formula is C12H11FN2O2. The van der Waals surface area contributed by atoms with Gasteiger partial charge in [0.15, 0.2) is 0 Å². The number of aliphatic carboxylic acids is 1. The van der Waals surface area contributed by atoms with Crippen LogP contribution in [0.15, 0.2) is 42.7 Å². The molecule has 0 amide bonds. The quantitative estimate of drug-likeness (QED) is 0.879. The van der Waals surface area contributed by atoms with Gasteiger partial charge in [-0.1, -0.05) is 30.3 Å². The smallest absolute Gasteiger partial charge is 0.351 e. The van der Waals surface area contributed by atoms with E-state index < -0.39 is 11.6 Å². The fraction of sp³-hybridized carbons (Fsp3) is 0.167. The van der Waals surface area contributed by atoms with Gasteiger partial charge in [0.2, 0.25) is 0 Å². The number of rotatable bonds is 3. The van der Waals surface area contributed by atoms with Gasteiger partial charge in [-0.25, -0.2) is 9.18 Å². The standard InChI is InChI=1S/C12H11FN2O2/c1-15-8-10(7-14-15)12(13,11(16)17)9-5-3-2-4-6-9/h2-8H,1H3,(H,16,17). The molecule has 1 N–H and O–H groups in total. The number of carboxylic acid groups (broad SMARTS) is 1. The molecule has 0 aliphatic rings. The zero-order valence-electron chi connectivity index (χ0n) is 9.17. The molecular weight excluding hydrogens is 223 g/mol. The van der Waals surface area contributed by atoms with Gasteiger partial charge in [-0.05, 0) is 0 Å². The van der Waals surface area contributed by atoms with Gasteiger partial charge in [-0.3, -0.25) is 4.68 Å². The number of hydrogen-bond acceptors (Lipinski definition) is 2. The van der Waals surface area contributed by atoms with Crippen molar-refractivity contribution in [2.75, 3.05) is 0 Å². The van der Waals surface area contributed by atoms with E-state index in [2.05, 4.69) is 5.10 Å². The van der Waals surface area contributed by atoms with Crippen LogP contribution in [0.2, 0.25) is 0 Å². The van der Waals surface area contributed by atoms with E-state index in [1.165, 1.54) is 29.2 Å². The number of hydrogen-bond donors (Lipinski definition) is 1. The van der Waals surface area contributed by atoms with E-state index in [9.17, 15) is 9.18 Å². The van der Waals surface area contributed by atoms with Crippen molar-refractivity contribution in [2.24, 2.45) is 7.05 Å². The Kier molecular flexibility index (Phi) is 2.67. The first-order chi connectivity index (χ1) is 8.05. The summed E-state index contributed by atoms with van der Waals surface area (Å²) in [7, 11) is 1.61. The Labute approximate surface area is 97.3 Å². The Morgan fingerprint density at radius 2 is 2.00 bits per heavy atom. The molecule has 2 rings (SSSR count). The van der Waals surface area contributed by atoms with Crippen LogP contribution < -0.4 is 0 Å². The molecule has 0 spiro atoms. The summed E-state index contributed by atoms with van der Waals surface area (Å²) in [5, 5.41) is 12.9. The lowest BCUT2D eigenvalue weighted by atomic mass is 9.90. The first-order valence-corrected chi connectivity index (χ1v) is 5.02. The molecule has 1 aromatic carbocycles. The lowest BCUT2D eigenvalue weighted by Gasteiger charge is -2.19. The third kappa shape index (κ3) is 1.80. The van der Waals surface area contributed by atoms with Crippen LogP contribution in [0.1, 0.15) is 11.1 Å². The average molecular weight is 234 g/mol. The zero-order chi connectivity index (χ0) is 12.5. The normalized spacial score (nSPS) is 14.2. The van der Waals surface area contributed by atoms with Gasteiger partial charge < -0.3 is 5.11 Å². The van der Waals surface area contributed by atoms with Crippen LogP contribution in [0.4, 0.5) is 4.39 Å². The van der Waals surface area contributed by atoms with Crippen LogP contribution in [0.3, 0.4) is 0 Å². The van der Waals surface area contributed by atoms with Crippen LogP contribution in [0.25, 0.3) is 0 Å². The van der Waals surface area contributed by atoms with Crippen molar-refractivity contribution in [3.05, 3.63) is 53.9 Å². The minimum absolute atomic E-state index is 0.0127. The molecule has 2 aromatic rings. The van der Waals surface area contributed by atoms with Gasteiger partial charge in [0.1, 0.15) is 0 Å². The predicted octanol–water partition coefficient (Wildman–Crippen LogP) is 1.72. The second-order valence-electron chi connectivity index (χ2n) is 3.73. The molecule has 17 heavy (non-hydrogen) atoms. The molecule has 1 heterocycles. The van der Waals surface area contributed by atoms with Crippen LogP contribution in [-0.4, -0.2) is 20.9 Å². The minimum atomic E-state index is -2.56. The number of aryl methyl sites for hydroxylation is 1. The van der Waals surface area contributed by atoms with Crippen LogP contribution in [0.5, 0.6) is 0 Å². The molecule has 0 saturated heterocycles. The van der Waals surface area contributed by atoms with Crippen molar-refractivity contribution in [1.82, 2.24) is 9.78 Å². The molecule has 1 unspecified atom stereocenters. The Morgan fingerprint density at radius 3 is 2.47 bits per heavy atom. The van der Waals surface area contributed by atoms with Gasteiger partial charge in [-0.15, -0.1) is 0 Å². The molecule has 88 valence electrons. The van der Waals surface area contributed by atoms with E-state index in [4.69, 9.17) is 5.11 Å². The van der Waals surface area contributed by atoms with Gasteiger partial charge in [0.25, 0.3) is 5.67 Å². The fourth-order valence-corrected chi connectivity index (χ4v) is 1.68. The molecule has 0 fully saturated rings. The summed E-state index contributed by atoms with van der Waals surface area (Å²) in [5.41, 5.74) is -2.46. The van der Waals surface area contributed by atoms with E-state index in [1.807, 2.05) is 0 Å². The van der Waals surface area contributed by atoms with Gasteiger partial charge in [-0.2, -0.15) is 5.10 Å². The number of alkyl halides is 1. The predicted molar refractivity (Wildman–Crippen MR) is 59.2 cm³/mol. The van der Waals surface area contributed by atoms with E-state index in [0.29, 0.717) is 0 Å². The van der Waals surface area contributed by atoms with E-state index in [0.717, 1.165) is 0 Å². The van der Waals surface area contributed by atoms with Gasteiger partial charge >= 0.3 is 5.97 Å². The first kappa shape index (κ1) is 11.3. The number of nitrogens with zero attached hydrogens (tertiary/aromatic N) is 2. The number of benzene rings is 1. The monoisotopic (exact) mass is 234 g/mol. The molecule has 5 heteroatoms. The van der Waals surface area contributed by atoms with E-state index >= 15 is 0 Å². The molecule has 0 radical (unpaired) electrons. The summed E-state index contributed by atoms with van der Waals surface area (Å²) in [6.07, 6.45) is 2.59. The summed E-state index contributed by atoms with van der Waals surface area (Å²) in [6, 6.07) is 7.79. The summed E-state index contributed by atoms with van der Waals surface area (Å²) in [4.78, 5) is 11.2. The Hall–Kier alpha value is -2.17. The van der Waals surface area contributed by atoms with E-state index in [-0.39, 0.29) is 11.1 Å². The lowest BCUT2D eigenvalue weighted by Crippen LogP contribution is -2.31. The van der Waals surface area contributed by atoms with Crippen LogP contribution in [0, 0.1) is 0 Å². The molecule has 0 bridgehead atoms. The number of carbonyl (C=O) groups is 1. The van der Waals surface area contributed by atoms with Gasteiger partial charge in [0, 0.05) is 24.4 Å². The fourth-order valence-electron chi connectivity index (χ4n) is 1.68. The Bertz CT molecular complexity index is 538. The van der Waals surface area contributed by atoms with Gasteiger partial charge in [0.05, 0.1) is 6.20 Å². The number of halogens is 1. The number of carboxylic acids is 1. The zero-order valence-corrected chi connectivity index (χ0v) is 9.17. The third-order valence-electron chi connectivity index (χ3n) is 2.57. The Morgan fingerprint density at radius 1 is 1.35 bits per heavy atom. The summed E-state index contributed by atoms with van der Waals surface area (Å²) >= 11 is 0. The molecule has 1 aromatic heterocycles. The van der Waals surface area contributed by atoms with Crippen molar-refractivity contribution in [2.45, 2.75) is 5.67 Å². The molecule has 0 aliphatic carbocycles. The summed E-state index contributed by atoms with van der Waals surface area (Å²) < 4.78 is 16.1. The van der Waals surface area contributed by atoms with Crippen molar-refractivity contribution in [1.29, 1.82) is 0 Å². The van der Waals surface area contributed by atoms with Crippen molar-refractivity contribution >= 4 is 5.97 Å². The highest BCUT2D eigenvalue weighted by Gasteiger charge is 2.43. The van der Waals surface area contributed by atoms with Crippen molar-refractivity contribution in [3.63, 3.8) is 0 Å². The molecule has 1 atom stereocenters. The van der Waals surface area contributed by atoms with E-state index in [1.54, 1.807) is 25.2 Å². The maximum atomic E-state index is 14.7. The highest BCUT2D eigenvalue weighted by molar-refractivity contribution is 5.83.